The Hall–Kier alpha value is -5.80. The van der Waals surface area contributed by atoms with Crippen LogP contribution in [0.4, 0.5) is 0 Å². The van der Waals surface area contributed by atoms with Crippen molar-refractivity contribution >= 4 is 23.1 Å². The van der Waals surface area contributed by atoms with E-state index in [1.165, 1.54) is 16.7 Å². The van der Waals surface area contributed by atoms with Crippen LogP contribution in [0, 0.1) is 6.92 Å². The molecule has 46 heavy (non-hydrogen) atoms. The van der Waals surface area contributed by atoms with Gasteiger partial charge in [0.05, 0.1) is 0 Å². The van der Waals surface area contributed by atoms with Gasteiger partial charge in [0.25, 0.3) is 6.71 Å². The monoisotopic (exact) mass is 588 g/mol. The normalized spacial score (nSPS) is 12.3. The lowest BCUT2D eigenvalue weighted by Crippen LogP contribution is -2.57. The largest absolute Gasteiger partial charge is 0.458 e. The predicted molar refractivity (Wildman–Crippen MR) is 191 cm³/mol. The number of rotatable bonds is 4. The first-order chi connectivity index (χ1) is 22.7. The fourth-order valence-corrected chi connectivity index (χ4v) is 7.11. The Morgan fingerprint density at radius 1 is 0.391 bits per heavy atom. The third-order valence-corrected chi connectivity index (χ3v) is 9.36. The van der Waals surface area contributed by atoms with Gasteiger partial charge >= 0.3 is 0 Å². The Bertz CT molecular complexity index is 2260. The molecule has 0 saturated carbocycles. The summed E-state index contributed by atoms with van der Waals surface area (Å²) in [5.41, 5.74) is 13.6. The summed E-state index contributed by atoms with van der Waals surface area (Å²) in [6, 6.07) is 55.8. The van der Waals surface area contributed by atoms with E-state index >= 15 is 0 Å². The first-order valence-electron chi connectivity index (χ1n) is 15.8. The standard InChI is InChI=1S/C43H29BO2/c1-28-13-11-12-20-34(28)33-22-24-38-40(26-33)46-43-36(31-18-9-4-10-19-31)27-35(30-16-7-3-8-17-30)42-41(43)44(38)37-23-21-32(25-39(37)45-42)29-14-5-2-6-15-29/h2-27H,1H3. The molecule has 3 heteroatoms. The van der Waals surface area contributed by atoms with Crippen LogP contribution in [0.3, 0.4) is 0 Å². The predicted octanol–water partition coefficient (Wildman–Crippen LogP) is 9.39. The molecule has 0 spiro atoms. The topological polar surface area (TPSA) is 18.5 Å². The molecular formula is C43H29BO2. The smallest absolute Gasteiger partial charge is 0.260 e. The van der Waals surface area contributed by atoms with Crippen molar-refractivity contribution in [3.63, 3.8) is 0 Å². The minimum atomic E-state index is -0.0561. The van der Waals surface area contributed by atoms with Gasteiger partial charge in [0.15, 0.2) is 0 Å². The first kappa shape index (κ1) is 26.6. The lowest BCUT2D eigenvalue weighted by atomic mass is 9.34. The molecule has 0 bridgehead atoms. The van der Waals surface area contributed by atoms with Crippen molar-refractivity contribution in [1.82, 2.24) is 0 Å². The Balaban J connectivity index is 1.33. The quantitative estimate of drug-likeness (QED) is 0.191. The van der Waals surface area contributed by atoms with Gasteiger partial charge in [0, 0.05) is 16.6 Å². The van der Waals surface area contributed by atoms with Crippen molar-refractivity contribution in [3.05, 3.63) is 163 Å². The van der Waals surface area contributed by atoms with E-state index in [0.717, 1.165) is 72.8 Å². The molecule has 0 fully saturated rings. The van der Waals surface area contributed by atoms with Gasteiger partial charge in [-0.15, -0.1) is 0 Å². The second kappa shape index (κ2) is 10.7. The van der Waals surface area contributed by atoms with E-state index in [-0.39, 0.29) is 6.71 Å². The van der Waals surface area contributed by atoms with Crippen LogP contribution in [0.5, 0.6) is 23.0 Å². The van der Waals surface area contributed by atoms with E-state index in [1.807, 2.05) is 0 Å². The zero-order valence-electron chi connectivity index (χ0n) is 25.4. The number of ether oxygens (including phenoxy) is 2. The van der Waals surface area contributed by atoms with Crippen LogP contribution in [0.15, 0.2) is 158 Å². The molecule has 0 aromatic heterocycles. The Labute approximate surface area is 269 Å². The molecule has 0 atom stereocenters. The third-order valence-electron chi connectivity index (χ3n) is 9.36. The fraction of sp³-hybridized carbons (Fsp3) is 0.0233. The Morgan fingerprint density at radius 3 is 1.43 bits per heavy atom. The molecule has 0 saturated heterocycles. The summed E-state index contributed by atoms with van der Waals surface area (Å²) in [6.45, 7) is 2.11. The Kier molecular flexibility index (Phi) is 6.17. The van der Waals surface area contributed by atoms with Crippen LogP contribution in [0.1, 0.15) is 5.56 Å². The van der Waals surface area contributed by atoms with Crippen molar-refractivity contribution < 1.29 is 9.47 Å². The number of aryl methyl sites for hydroxylation is 1. The van der Waals surface area contributed by atoms with E-state index in [2.05, 4.69) is 165 Å². The van der Waals surface area contributed by atoms with E-state index in [9.17, 15) is 0 Å². The molecule has 0 aliphatic carbocycles. The summed E-state index contributed by atoms with van der Waals surface area (Å²) in [5.74, 6) is 3.48. The van der Waals surface area contributed by atoms with Gasteiger partial charge in [-0.05, 0) is 75.0 Å². The van der Waals surface area contributed by atoms with E-state index in [1.54, 1.807) is 0 Å². The molecular weight excluding hydrogens is 559 g/mol. The van der Waals surface area contributed by atoms with Crippen molar-refractivity contribution in [2.24, 2.45) is 0 Å². The molecule has 216 valence electrons. The lowest BCUT2D eigenvalue weighted by Gasteiger charge is -2.35. The Morgan fingerprint density at radius 2 is 0.870 bits per heavy atom. The van der Waals surface area contributed by atoms with Gasteiger partial charge in [-0.2, -0.15) is 0 Å². The average Bonchev–Trinajstić information content (AvgIpc) is 3.12. The van der Waals surface area contributed by atoms with Crippen LogP contribution in [-0.4, -0.2) is 6.71 Å². The average molecular weight is 589 g/mol. The van der Waals surface area contributed by atoms with E-state index in [0.29, 0.717) is 0 Å². The lowest BCUT2D eigenvalue weighted by molar-refractivity contribution is 0.467. The minimum absolute atomic E-state index is 0.0561. The van der Waals surface area contributed by atoms with Gasteiger partial charge in [-0.3, -0.25) is 0 Å². The zero-order valence-corrected chi connectivity index (χ0v) is 25.4. The molecule has 7 aromatic carbocycles. The zero-order chi connectivity index (χ0) is 30.6. The molecule has 2 nitrogen and oxygen atoms in total. The number of fused-ring (bicyclic) bond motifs is 4. The first-order valence-corrected chi connectivity index (χ1v) is 15.8. The third kappa shape index (κ3) is 4.28. The maximum atomic E-state index is 7.03. The molecule has 7 aromatic rings. The van der Waals surface area contributed by atoms with E-state index in [4.69, 9.17) is 9.47 Å². The van der Waals surface area contributed by atoms with Crippen molar-refractivity contribution in [3.8, 4) is 67.5 Å². The maximum absolute atomic E-state index is 7.03. The molecule has 0 unspecified atom stereocenters. The fourth-order valence-electron chi connectivity index (χ4n) is 7.11. The summed E-state index contributed by atoms with van der Waals surface area (Å²) >= 11 is 0. The van der Waals surface area contributed by atoms with Crippen LogP contribution < -0.4 is 25.9 Å². The van der Waals surface area contributed by atoms with Gasteiger partial charge in [-0.25, -0.2) is 0 Å². The highest BCUT2D eigenvalue weighted by atomic mass is 16.5. The molecule has 2 heterocycles. The van der Waals surface area contributed by atoms with Crippen molar-refractivity contribution in [2.45, 2.75) is 6.92 Å². The van der Waals surface area contributed by atoms with Crippen molar-refractivity contribution in [1.29, 1.82) is 0 Å². The van der Waals surface area contributed by atoms with Gasteiger partial charge < -0.3 is 9.47 Å². The van der Waals surface area contributed by atoms with Gasteiger partial charge in [0.1, 0.15) is 23.0 Å². The number of hydrogen-bond donors (Lipinski definition) is 0. The molecule has 2 aliphatic rings. The van der Waals surface area contributed by atoms with Crippen LogP contribution >= 0.6 is 0 Å². The summed E-state index contributed by atoms with van der Waals surface area (Å²) in [6.07, 6.45) is 0. The van der Waals surface area contributed by atoms with Crippen LogP contribution in [0.25, 0.3) is 44.5 Å². The minimum Gasteiger partial charge on any atom is -0.458 e. The maximum Gasteiger partial charge on any atom is 0.260 e. The molecule has 9 rings (SSSR count). The van der Waals surface area contributed by atoms with Crippen LogP contribution in [-0.2, 0) is 0 Å². The van der Waals surface area contributed by atoms with Gasteiger partial charge in [-0.1, -0.05) is 140 Å². The van der Waals surface area contributed by atoms with Gasteiger partial charge in [0.2, 0.25) is 0 Å². The number of benzene rings is 7. The molecule has 0 N–H and O–H groups in total. The summed E-state index contributed by atoms with van der Waals surface area (Å²) < 4.78 is 14.0. The highest BCUT2D eigenvalue weighted by Gasteiger charge is 2.43. The summed E-state index contributed by atoms with van der Waals surface area (Å²) in [5, 5.41) is 0. The summed E-state index contributed by atoms with van der Waals surface area (Å²) in [7, 11) is 0. The highest BCUT2D eigenvalue weighted by molar-refractivity contribution is 6.98. The van der Waals surface area contributed by atoms with Crippen LogP contribution in [0.2, 0.25) is 0 Å². The highest BCUT2D eigenvalue weighted by Crippen LogP contribution is 2.46. The van der Waals surface area contributed by atoms with Crippen molar-refractivity contribution in [2.75, 3.05) is 0 Å². The molecule has 2 aliphatic heterocycles. The van der Waals surface area contributed by atoms with E-state index < -0.39 is 0 Å². The molecule has 0 amide bonds. The SMILES string of the molecule is Cc1ccccc1-c1ccc2c(c1)Oc1c(-c3ccccc3)cc(-c3ccccc3)c3c1B2c1ccc(-c2ccccc2)cc1O3. The summed E-state index contributed by atoms with van der Waals surface area (Å²) in [4.78, 5) is 0. The second-order valence-corrected chi connectivity index (χ2v) is 12.1. The second-order valence-electron chi connectivity index (χ2n) is 12.1. The number of hydrogen-bond acceptors (Lipinski definition) is 2. The molecule has 0 radical (unpaired) electrons.